The summed E-state index contributed by atoms with van der Waals surface area (Å²) in [5.74, 6) is -0.465. The summed E-state index contributed by atoms with van der Waals surface area (Å²) in [6, 6.07) is 4.90. The van der Waals surface area contributed by atoms with Gasteiger partial charge in [-0.3, -0.25) is 4.79 Å². The van der Waals surface area contributed by atoms with E-state index in [2.05, 4.69) is 11.3 Å². The molecule has 110 valence electrons. The summed E-state index contributed by atoms with van der Waals surface area (Å²) in [4.78, 5) is 11.4. The third-order valence-electron chi connectivity index (χ3n) is 2.77. The molecule has 1 N–H and O–H groups in total. The maximum Gasteiger partial charge on any atom is 0.307 e. The third-order valence-corrected chi connectivity index (χ3v) is 4.23. The number of hydrogen-bond acceptors (Lipinski definition) is 4. The molecule has 0 heterocycles. The fraction of sp³-hybridized carbons (Fsp3) is 0.357. The number of carbonyl (C=O) groups is 1. The fourth-order valence-corrected chi connectivity index (χ4v) is 2.59. The van der Waals surface area contributed by atoms with Gasteiger partial charge >= 0.3 is 5.97 Å². The van der Waals surface area contributed by atoms with Gasteiger partial charge in [0, 0.05) is 6.54 Å². The van der Waals surface area contributed by atoms with Crippen LogP contribution in [0.5, 0.6) is 0 Å². The Morgan fingerprint density at radius 3 is 2.65 bits per heavy atom. The Hall–Kier alpha value is -1.66. The van der Waals surface area contributed by atoms with Crippen LogP contribution in [0, 0.1) is 13.8 Å². The van der Waals surface area contributed by atoms with Crippen molar-refractivity contribution in [2.45, 2.75) is 25.2 Å². The first-order chi connectivity index (χ1) is 9.36. The average Bonchev–Trinajstić information content (AvgIpc) is 2.39. The Morgan fingerprint density at radius 2 is 2.05 bits per heavy atom. The SMILES string of the molecule is C=CCOC(=O)CCNS(=O)(=O)c1ccc(C)c(C)c1. The number of carbonyl (C=O) groups excluding carboxylic acids is 1. The van der Waals surface area contributed by atoms with Crippen LogP contribution < -0.4 is 4.72 Å². The van der Waals surface area contributed by atoms with Crippen LogP contribution in [0.3, 0.4) is 0 Å². The summed E-state index contributed by atoms with van der Waals surface area (Å²) >= 11 is 0. The molecule has 0 amide bonds. The molecule has 0 radical (unpaired) electrons. The largest absolute Gasteiger partial charge is 0.461 e. The number of rotatable bonds is 7. The fourth-order valence-electron chi connectivity index (χ4n) is 1.48. The van der Waals surface area contributed by atoms with Crippen molar-refractivity contribution in [1.29, 1.82) is 0 Å². The summed E-state index contributed by atoms with van der Waals surface area (Å²) in [6.45, 7) is 7.31. The predicted molar refractivity (Wildman–Crippen MR) is 76.9 cm³/mol. The lowest BCUT2D eigenvalue weighted by Crippen LogP contribution is -2.26. The Morgan fingerprint density at radius 1 is 1.35 bits per heavy atom. The first-order valence-corrected chi connectivity index (χ1v) is 7.68. The van der Waals surface area contributed by atoms with E-state index in [1.165, 1.54) is 6.08 Å². The quantitative estimate of drug-likeness (QED) is 0.614. The highest BCUT2D eigenvalue weighted by Gasteiger charge is 2.14. The summed E-state index contributed by atoms with van der Waals surface area (Å²) in [7, 11) is -3.59. The number of benzene rings is 1. The molecule has 0 atom stereocenters. The zero-order valence-corrected chi connectivity index (χ0v) is 12.5. The van der Waals surface area contributed by atoms with E-state index in [-0.39, 0.29) is 24.5 Å². The number of ether oxygens (including phenoxy) is 1. The minimum Gasteiger partial charge on any atom is -0.461 e. The lowest BCUT2D eigenvalue weighted by molar-refractivity contribution is -0.142. The van der Waals surface area contributed by atoms with Gasteiger partial charge in [-0.25, -0.2) is 13.1 Å². The topological polar surface area (TPSA) is 72.5 Å². The van der Waals surface area contributed by atoms with Crippen molar-refractivity contribution >= 4 is 16.0 Å². The van der Waals surface area contributed by atoms with E-state index in [0.29, 0.717) is 0 Å². The van der Waals surface area contributed by atoms with Crippen molar-refractivity contribution in [2.24, 2.45) is 0 Å². The molecular weight excluding hydrogens is 278 g/mol. The zero-order chi connectivity index (χ0) is 15.2. The van der Waals surface area contributed by atoms with Crippen LogP contribution in [0.4, 0.5) is 0 Å². The van der Waals surface area contributed by atoms with Crippen molar-refractivity contribution in [3.8, 4) is 0 Å². The minimum atomic E-state index is -3.59. The smallest absolute Gasteiger partial charge is 0.307 e. The first kappa shape index (κ1) is 16.4. The van der Waals surface area contributed by atoms with Gasteiger partial charge in [0.25, 0.3) is 0 Å². The third kappa shape index (κ3) is 4.79. The van der Waals surface area contributed by atoms with Crippen LogP contribution >= 0.6 is 0 Å². The normalized spacial score (nSPS) is 11.1. The molecule has 1 rings (SSSR count). The second-order valence-corrected chi connectivity index (χ2v) is 6.13. The van der Waals surface area contributed by atoms with Gasteiger partial charge in [0.1, 0.15) is 6.61 Å². The van der Waals surface area contributed by atoms with Gasteiger partial charge in [-0.1, -0.05) is 18.7 Å². The van der Waals surface area contributed by atoms with E-state index >= 15 is 0 Å². The molecule has 0 aliphatic carbocycles. The lowest BCUT2D eigenvalue weighted by Gasteiger charge is -2.08. The van der Waals surface area contributed by atoms with E-state index in [1.807, 2.05) is 13.8 Å². The maximum atomic E-state index is 12.0. The van der Waals surface area contributed by atoms with Crippen molar-refractivity contribution in [2.75, 3.05) is 13.2 Å². The van der Waals surface area contributed by atoms with Crippen LogP contribution in [0.15, 0.2) is 35.7 Å². The molecule has 20 heavy (non-hydrogen) atoms. The van der Waals surface area contributed by atoms with Gasteiger partial charge < -0.3 is 4.74 Å². The standard InChI is InChI=1S/C14H19NO4S/c1-4-9-19-14(16)7-8-15-20(17,18)13-6-5-11(2)12(3)10-13/h4-6,10,15H,1,7-9H2,2-3H3. The Labute approximate surface area is 119 Å². The van der Waals surface area contributed by atoms with Crippen LogP contribution in [0.25, 0.3) is 0 Å². The van der Waals surface area contributed by atoms with Crippen molar-refractivity contribution in [3.05, 3.63) is 42.0 Å². The van der Waals surface area contributed by atoms with Gasteiger partial charge in [-0.15, -0.1) is 0 Å². The van der Waals surface area contributed by atoms with Crippen molar-refractivity contribution < 1.29 is 17.9 Å². The Bertz CT molecular complexity index is 593. The van der Waals surface area contributed by atoms with Gasteiger partial charge in [-0.05, 0) is 37.1 Å². The second kappa shape index (κ2) is 7.21. The molecule has 0 saturated heterocycles. The highest BCUT2D eigenvalue weighted by atomic mass is 32.2. The van der Waals surface area contributed by atoms with E-state index in [0.717, 1.165) is 11.1 Å². The molecule has 6 heteroatoms. The molecule has 0 aliphatic heterocycles. The number of hydrogen-bond donors (Lipinski definition) is 1. The highest BCUT2D eigenvalue weighted by Crippen LogP contribution is 2.14. The number of aryl methyl sites for hydroxylation is 2. The van der Waals surface area contributed by atoms with Crippen LogP contribution in [0.1, 0.15) is 17.5 Å². The van der Waals surface area contributed by atoms with E-state index in [1.54, 1.807) is 18.2 Å². The van der Waals surface area contributed by atoms with Crippen molar-refractivity contribution in [3.63, 3.8) is 0 Å². The number of nitrogens with one attached hydrogen (secondary N) is 1. The minimum absolute atomic E-state index is 0.00519. The molecule has 1 aromatic carbocycles. The molecule has 0 unspecified atom stereocenters. The predicted octanol–water partition coefficient (Wildman–Crippen LogP) is 1.70. The maximum absolute atomic E-state index is 12.0. The van der Waals surface area contributed by atoms with E-state index in [4.69, 9.17) is 4.74 Å². The number of esters is 1. The highest BCUT2D eigenvalue weighted by molar-refractivity contribution is 7.89. The molecular formula is C14H19NO4S. The molecule has 0 spiro atoms. The van der Waals surface area contributed by atoms with Crippen LogP contribution in [-0.4, -0.2) is 27.5 Å². The lowest BCUT2D eigenvalue weighted by atomic mass is 10.1. The molecule has 0 aromatic heterocycles. The summed E-state index contributed by atoms with van der Waals surface area (Å²) in [5.41, 5.74) is 1.93. The zero-order valence-electron chi connectivity index (χ0n) is 11.7. The number of sulfonamides is 1. The average molecular weight is 297 g/mol. The van der Waals surface area contributed by atoms with Gasteiger partial charge in [0.2, 0.25) is 10.0 Å². The van der Waals surface area contributed by atoms with Gasteiger partial charge in [0.15, 0.2) is 0 Å². The Kier molecular flexibility index (Phi) is 5.91. The first-order valence-electron chi connectivity index (χ1n) is 6.20. The van der Waals surface area contributed by atoms with Crippen molar-refractivity contribution in [1.82, 2.24) is 4.72 Å². The van der Waals surface area contributed by atoms with E-state index in [9.17, 15) is 13.2 Å². The molecule has 0 bridgehead atoms. The molecule has 1 aromatic rings. The van der Waals surface area contributed by atoms with E-state index < -0.39 is 16.0 Å². The van der Waals surface area contributed by atoms with Gasteiger partial charge in [0.05, 0.1) is 11.3 Å². The second-order valence-electron chi connectivity index (χ2n) is 4.37. The molecule has 0 aliphatic rings. The molecule has 0 fully saturated rings. The molecule has 5 nitrogen and oxygen atoms in total. The summed E-state index contributed by atoms with van der Waals surface area (Å²) in [5, 5.41) is 0. The Balaban J connectivity index is 2.59. The van der Waals surface area contributed by atoms with Crippen LogP contribution in [-0.2, 0) is 19.6 Å². The summed E-state index contributed by atoms with van der Waals surface area (Å²) in [6.07, 6.45) is 1.44. The summed E-state index contributed by atoms with van der Waals surface area (Å²) < 4.78 is 31.2. The van der Waals surface area contributed by atoms with Crippen LogP contribution in [0.2, 0.25) is 0 Å². The van der Waals surface area contributed by atoms with Gasteiger partial charge in [-0.2, -0.15) is 0 Å². The molecule has 0 saturated carbocycles. The monoisotopic (exact) mass is 297 g/mol.